The van der Waals surface area contributed by atoms with Crippen molar-refractivity contribution in [3.8, 4) is 5.69 Å². The van der Waals surface area contributed by atoms with Crippen LogP contribution in [0.1, 0.15) is 22.6 Å². The zero-order valence-electron chi connectivity index (χ0n) is 15.5. The molecule has 0 amide bonds. The van der Waals surface area contributed by atoms with Crippen LogP contribution in [0, 0.1) is 24.0 Å². The number of nitro benzene ring substituents is 1. The molecule has 0 unspecified atom stereocenters. The Morgan fingerprint density at radius 1 is 0.964 bits per heavy atom. The van der Waals surface area contributed by atoms with Crippen molar-refractivity contribution < 1.29 is 4.92 Å². The largest absolute Gasteiger partial charge is 0.295 e. The lowest BCUT2D eigenvalue weighted by Gasteiger charge is -2.03. The molecule has 6 heteroatoms. The van der Waals surface area contributed by atoms with E-state index in [1.807, 2.05) is 79.2 Å². The molecule has 2 aromatic carbocycles. The number of benzene rings is 2. The van der Waals surface area contributed by atoms with E-state index < -0.39 is 4.92 Å². The van der Waals surface area contributed by atoms with Crippen LogP contribution < -0.4 is 0 Å². The molecule has 2 heterocycles. The van der Waals surface area contributed by atoms with Gasteiger partial charge in [0.1, 0.15) is 5.52 Å². The Morgan fingerprint density at radius 3 is 2.50 bits per heavy atom. The number of rotatable bonds is 4. The summed E-state index contributed by atoms with van der Waals surface area (Å²) in [5.74, 6) is 0. The number of hydrogen-bond donors (Lipinski definition) is 0. The van der Waals surface area contributed by atoms with Gasteiger partial charge in [0.2, 0.25) is 0 Å². The van der Waals surface area contributed by atoms with Crippen molar-refractivity contribution in [1.82, 2.24) is 14.8 Å². The van der Waals surface area contributed by atoms with Gasteiger partial charge in [-0.25, -0.2) is 9.67 Å². The van der Waals surface area contributed by atoms with Crippen LogP contribution in [-0.4, -0.2) is 19.7 Å². The standard InChI is InChI=1S/C22H18N4O2/c1-15-20(16(2)25(24-15)19-8-4-3-5-9-19)14-13-18-12-11-17-7-6-10-21(26(27)28)22(17)23-18/h3-14H,1-2H3. The lowest BCUT2D eigenvalue weighted by molar-refractivity contribution is -0.383. The van der Waals surface area contributed by atoms with Crippen LogP contribution in [0.2, 0.25) is 0 Å². The van der Waals surface area contributed by atoms with E-state index in [1.54, 1.807) is 6.07 Å². The Labute approximate surface area is 161 Å². The van der Waals surface area contributed by atoms with E-state index in [0.29, 0.717) is 11.2 Å². The molecule has 0 radical (unpaired) electrons. The Morgan fingerprint density at radius 2 is 1.75 bits per heavy atom. The van der Waals surface area contributed by atoms with E-state index in [1.165, 1.54) is 6.07 Å². The van der Waals surface area contributed by atoms with Crippen LogP contribution in [-0.2, 0) is 0 Å². The molecule has 6 nitrogen and oxygen atoms in total. The van der Waals surface area contributed by atoms with Crippen LogP contribution in [0.3, 0.4) is 0 Å². The van der Waals surface area contributed by atoms with Crippen molar-refractivity contribution in [3.05, 3.63) is 93.4 Å². The van der Waals surface area contributed by atoms with E-state index >= 15 is 0 Å². The lowest BCUT2D eigenvalue weighted by Crippen LogP contribution is -1.98. The van der Waals surface area contributed by atoms with E-state index in [4.69, 9.17) is 0 Å². The summed E-state index contributed by atoms with van der Waals surface area (Å²) in [4.78, 5) is 15.3. The maximum atomic E-state index is 11.3. The number of non-ortho nitro benzene ring substituents is 1. The molecule has 0 fully saturated rings. The van der Waals surface area contributed by atoms with Crippen LogP contribution in [0.15, 0.2) is 60.7 Å². The third kappa shape index (κ3) is 3.16. The number of nitro groups is 1. The number of aryl methyl sites for hydroxylation is 1. The molecule has 0 aliphatic heterocycles. The van der Waals surface area contributed by atoms with Crippen LogP contribution in [0.25, 0.3) is 28.7 Å². The fourth-order valence-corrected chi connectivity index (χ4v) is 3.27. The average Bonchev–Trinajstić information content (AvgIpc) is 3.00. The third-order valence-corrected chi connectivity index (χ3v) is 4.69. The van der Waals surface area contributed by atoms with Gasteiger partial charge in [0, 0.05) is 22.7 Å². The minimum absolute atomic E-state index is 0.0111. The highest BCUT2D eigenvalue weighted by Gasteiger charge is 2.13. The Bertz CT molecular complexity index is 1210. The van der Waals surface area contributed by atoms with Crippen LogP contribution in [0.5, 0.6) is 0 Å². The van der Waals surface area contributed by atoms with Gasteiger partial charge in [-0.1, -0.05) is 36.4 Å². The van der Waals surface area contributed by atoms with Crippen LogP contribution in [0.4, 0.5) is 5.69 Å². The van der Waals surface area contributed by atoms with E-state index in [-0.39, 0.29) is 5.69 Å². The molecule has 0 aliphatic rings. The van der Waals surface area contributed by atoms with Gasteiger partial charge in [-0.15, -0.1) is 0 Å². The Balaban J connectivity index is 1.73. The number of hydrogen-bond acceptors (Lipinski definition) is 4. The highest BCUT2D eigenvalue weighted by Crippen LogP contribution is 2.25. The molecule has 0 atom stereocenters. The normalized spacial score (nSPS) is 11.4. The lowest BCUT2D eigenvalue weighted by atomic mass is 10.1. The van der Waals surface area contributed by atoms with Gasteiger partial charge in [-0.3, -0.25) is 10.1 Å². The number of fused-ring (bicyclic) bond motifs is 1. The molecule has 0 aliphatic carbocycles. The Kier molecular flexibility index (Phi) is 4.45. The summed E-state index contributed by atoms with van der Waals surface area (Å²) < 4.78 is 1.91. The van der Waals surface area contributed by atoms with Gasteiger partial charge in [0.05, 0.1) is 22.0 Å². The van der Waals surface area contributed by atoms with Gasteiger partial charge < -0.3 is 0 Å². The van der Waals surface area contributed by atoms with Gasteiger partial charge >= 0.3 is 0 Å². The summed E-state index contributed by atoms with van der Waals surface area (Å²) in [6, 6.07) is 18.6. The van der Waals surface area contributed by atoms with Crippen molar-refractivity contribution in [1.29, 1.82) is 0 Å². The first kappa shape index (κ1) is 17.6. The summed E-state index contributed by atoms with van der Waals surface area (Å²) >= 11 is 0. The van der Waals surface area contributed by atoms with Gasteiger partial charge in [-0.05, 0) is 44.2 Å². The number of aromatic nitrogens is 3. The predicted molar refractivity (Wildman–Crippen MR) is 110 cm³/mol. The summed E-state index contributed by atoms with van der Waals surface area (Å²) in [7, 11) is 0. The number of pyridine rings is 1. The van der Waals surface area contributed by atoms with E-state index in [2.05, 4.69) is 10.1 Å². The van der Waals surface area contributed by atoms with Crippen LogP contribution >= 0.6 is 0 Å². The average molecular weight is 370 g/mol. The summed E-state index contributed by atoms with van der Waals surface area (Å²) in [5, 5.41) is 16.7. The molecule has 4 rings (SSSR count). The Hall–Kier alpha value is -3.80. The number of nitrogens with zero attached hydrogens (tertiary/aromatic N) is 4. The zero-order chi connectivity index (χ0) is 19.7. The van der Waals surface area contributed by atoms with Gasteiger partial charge in [-0.2, -0.15) is 5.10 Å². The van der Waals surface area contributed by atoms with Crippen molar-refractivity contribution >= 4 is 28.7 Å². The first-order valence-corrected chi connectivity index (χ1v) is 8.88. The second kappa shape index (κ2) is 7.08. The molecule has 28 heavy (non-hydrogen) atoms. The summed E-state index contributed by atoms with van der Waals surface area (Å²) in [6.07, 6.45) is 3.82. The topological polar surface area (TPSA) is 73.8 Å². The second-order valence-corrected chi connectivity index (χ2v) is 6.51. The molecule has 0 saturated carbocycles. The van der Waals surface area contributed by atoms with Gasteiger partial charge in [0.25, 0.3) is 5.69 Å². The minimum Gasteiger partial charge on any atom is -0.258 e. The second-order valence-electron chi connectivity index (χ2n) is 6.51. The summed E-state index contributed by atoms with van der Waals surface area (Å²) in [6.45, 7) is 3.98. The molecule has 138 valence electrons. The predicted octanol–water partition coefficient (Wildman–Crippen LogP) is 5.12. The molecule has 0 saturated heterocycles. The molecule has 2 aromatic heterocycles. The SMILES string of the molecule is Cc1nn(-c2ccccc2)c(C)c1C=Cc1ccc2cccc([N+](=O)[O-])c2n1. The smallest absolute Gasteiger partial charge is 0.258 e. The fourth-order valence-electron chi connectivity index (χ4n) is 3.27. The molecular formula is C22H18N4O2. The molecule has 0 N–H and O–H groups in total. The van der Waals surface area contributed by atoms with Gasteiger partial charge in [0.15, 0.2) is 0 Å². The molecule has 0 spiro atoms. The maximum absolute atomic E-state index is 11.3. The first-order chi connectivity index (χ1) is 13.5. The van der Waals surface area contributed by atoms with E-state index in [0.717, 1.165) is 28.0 Å². The molecule has 0 bridgehead atoms. The monoisotopic (exact) mass is 370 g/mol. The highest BCUT2D eigenvalue weighted by molar-refractivity contribution is 5.88. The van der Waals surface area contributed by atoms with Crippen molar-refractivity contribution in [3.63, 3.8) is 0 Å². The fraction of sp³-hybridized carbons (Fsp3) is 0.0909. The summed E-state index contributed by atoms with van der Waals surface area (Å²) in [5.41, 5.74) is 5.00. The van der Waals surface area contributed by atoms with Crippen molar-refractivity contribution in [2.45, 2.75) is 13.8 Å². The van der Waals surface area contributed by atoms with Crippen molar-refractivity contribution in [2.75, 3.05) is 0 Å². The van der Waals surface area contributed by atoms with Crippen molar-refractivity contribution in [2.24, 2.45) is 0 Å². The first-order valence-electron chi connectivity index (χ1n) is 8.88. The molecule has 4 aromatic rings. The third-order valence-electron chi connectivity index (χ3n) is 4.69. The highest BCUT2D eigenvalue weighted by atomic mass is 16.6. The molecular weight excluding hydrogens is 352 g/mol. The zero-order valence-corrected chi connectivity index (χ0v) is 15.5. The minimum atomic E-state index is -0.402. The number of para-hydroxylation sites is 2. The maximum Gasteiger partial charge on any atom is 0.295 e. The quantitative estimate of drug-likeness (QED) is 0.369. The van der Waals surface area contributed by atoms with E-state index in [9.17, 15) is 10.1 Å².